The van der Waals surface area contributed by atoms with Gasteiger partial charge in [0, 0.05) is 25.7 Å². The maximum absolute atomic E-state index is 11.3. The van der Waals surface area contributed by atoms with Crippen LogP contribution in [0.4, 0.5) is 0 Å². The summed E-state index contributed by atoms with van der Waals surface area (Å²) in [5.41, 5.74) is 5.47. The lowest BCUT2D eigenvalue weighted by Crippen LogP contribution is -2.49. The van der Waals surface area contributed by atoms with Crippen LogP contribution in [0.5, 0.6) is 0 Å². The fraction of sp³-hybridized carbons (Fsp3) is 0.900. The molecule has 1 saturated heterocycles. The molecule has 0 aliphatic carbocycles. The summed E-state index contributed by atoms with van der Waals surface area (Å²) in [6.07, 6.45) is 0. The van der Waals surface area contributed by atoms with E-state index in [2.05, 4.69) is 10.2 Å². The molecule has 88 valence electrons. The SMILES string of the molecule is CC(CN1CCOCC1)NC(=O)C(C)N. The van der Waals surface area contributed by atoms with Crippen molar-refractivity contribution in [2.45, 2.75) is 25.9 Å². The van der Waals surface area contributed by atoms with E-state index >= 15 is 0 Å². The summed E-state index contributed by atoms with van der Waals surface area (Å²) >= 11 is 0. The summed E-state index contributed by atoms with van der Waals surface area (Å²) in [4.78, 5) is 13.6. The van der Waals surface area contributed by atoms with E-state index in [1.165, 1.54) is 0 Å². The van der Waals surface area contributed by atoms with Crippen LogP contribution in [0.25, 0.3) is 0 Å². The van der Waals surface area contributed by atoms with Gasteiger partial charge in [0.15, 0.2) is 0 Å². The molecule has 2 unspecified atom stereocenters. The second-order valence-corrected chi connectivity index (χ2v) is 4.11. The number of nitrogens with zero attached hydrogens (tertiary/aromatic N) is 1. The van der Waals surface area contributed by atoms with Crippen molar-refractivity contribution in [3.8, 4) is 0 Å². The van der Waals surface area contributed by atoms with Gasteiger partial charge in [-0.1, -0.05) is 0 Å². The molecule has 0 aromatic carbocycles. The molecular weight excluding hydrogens is 194 g/mol. The molecule has 1 heterocycles. The van der Waals surface area contributed by atoms with Crippen molar-refractivity contribution in [1.82, 2.24) is 10.2 Å². The Morgan fingerprint density at radius 2 is 2.07 bits per heavy atom. The molecule has 1 fully saturated rings. The smallest absolute Gasteiger partial charge is 0.236 e. The number of nitrogens with one attached hydrogen (secondary N) is 1. The van der Waals surface area contributed by atoms with E-state index in [-0.39, 0.29) is 11.9 Å². The first-order chi connectivity index (χ1) is 7.09. The number of carbonyl (C=O) groups excluding carboxylic acids is 1. The highest BCUT2D eigenvalue weighted by molar-refractivity contribution is 5.81. The van der Waals surface area contributed by atoms with Gasteiger partial charge in [-0.05, 0) is 13.8 Å². The van der Waals surface area contributed by atoms with Crippen molar-refractivity contribution in [2.75, 3.05) is 32.8 Å². The normalized spacial score (nSPS) is 22.1. The molecule has 1 aliphatic heterocycles. The van der Waals surface area contributed by atoms with Crippen molar-refractivity contribution in [1.29, 1.82) is 0 Å². The number of rotatable bonds is 4. The highest BCUT2D eigenvalue weighted by Crippen LogP contribution is 1.98. The van der Waals surface area contributed by atoms with Crippen LogP contribution in [0.2, 0.25) is 0 Å². The Labute approximate surface area is 90.9 Å². The fourth-order valence-corrected chi connectivity index (χ4v) is 1.59. The number of nitrogens with two attached hydrogens (primary N) is 1. The molecule has 1 amide bonds. The standard InChI is InChI=1S/C10H21N3O2/c1-8(12-10(14)9(2)11)7-13-3-5-15-6-4-13/h8-9H,3-7,11H2,1-2H3,(H,12,14). The van der Waals surface area contributed by atoms with Gasteiger partial charge in [0.05, 0.1) is 19.3 Å². The van der Waals surface area contributed by atoms with Crippen LogP contribution >= 0.6 is 0 Å². The number of carbonyl (C=O) groups is 1. The van der Waals surface area contributed by atoms with Gasteiger partial charge in [0.1, 0.15) is 0 Å². The lowest BCUT2D eigenvalue weighted by atomic mass is 10.2. The predicted octanol–water partition coefficient (Wildman–Crippen LogP) is -0.829. The van der Waals surface area contributed by atoms with Crippen LogP contribution in [-0.2, 0) is 9.53 Å². The number of hydrogen-bond acceptors (Lipinski definition) is 4. The fourth-order valence-electron chi connectivity index (χ4n) is 1.59. The molecular formula is C10H21N3O2. The van der Waals surface area contributed by atoms with E-state index in [0.717, 1.165) is 32.8 Å². The summed E-state index contributed by atoms with van der Waals surface area (Å²) in [5, 5.41) is 2.88. The summed E-state index contributed by atoms with van der Waals surface area (Å²) in [6.45, 7) is 8.01. The maximum Gasteiger partial charge on any atom is 0.236 e. The highest BCUT2D eigenvalue weighted by Gasteiger charge is 2.16. The third-order valence-electron chi connectivity index (χ3n) is 2.44. The van der Waals surface area contributed by atoms with Gasteiger partial charge < -0.3 is 15.8 Å². The van der Waals surface area contributed by atoms with Gasteiger partial charge in [-0.25, -0.2) is 0 Å². The summed E-state index contributed by atoms with van der Waals surface area (Å²) in [6, 6.07) is -0.293. The highest BCUT2D eigenvalue weighted by atomic mass is 16.5. The first kappa shape index (κ1) is 12.4. The number of morpholine rings is 1. The Bertz CT molecular complexity index is 203. The van der Waals surface area contributed by atoms with E-state index in [1.54, 1.807) is 6.92 Å². The molecule has 1 aliphatic rings. The minimum absolute atomic E-state index is 0.0873. The third-order valence-corrected chi connectivity index (χ3v) is 2.44. The van der Waals surface area contributed by atoms with Gasteiger partial charge in [0.2, 0.25) is 5.91 Å². The van der Waals surface area contributed by atoms with Gasteiger partial charge in [-0.15, -0.1) is 0 Å². The van der Waals surface area contributed by atoms with Gasteiger partial charge in [-0.3, -0.25) is 9.69 Å². The lowest BCUT2D eigenvalue weighted by molar-refractivity contribution is -0.122. The monoisotopic (exact) mass is 215 g/mol. The first-order valence-electron chi connectivity index (χ1n) is 5.45. The molecule has 0 radical (unpaired) electrons. The van der Waals surface area contributed by atoms with Crippen molar-refractivity contribution in [3.05, 3.63) is 0 Å². The van der Waals surface area contributed by atoms with Crippen LogP contribution in [0, 0.1) is 0 Å². The summed E-state index contributed by atoms with van der Waals surface area (Å²) < 4.78 is 5.25. The van der Waals surface area contributed by atoms with E-state index in [4.69, 9.17) is 10.5 Å². The van der Waals surface area contributed by atoms with Crippen LogP contribution in [0.15, 0.2) is 0 Å². The minimum Gasteiger partial charge on any atom is -0.379 e. The second-order valence-electron chi connectivity index (χ2n) is 4.11. The molecule has 5 heteroatoms. The molecule has 1 rings (SSSR count). The maximum atomic E-state index is 11.3. The Morgan fingerprint density at radius 3 is 2.60 bits per heavy atom. The molecule has 0 saturated carbocycles. The van der Waals surface area contributed by atoms with Crippen molar-refractivity contribution in [3.63, 3.8) is 0 Å². The second kappa shape index (κ2) is 6.05. The first-order valence-corrected chi connectivity index (χ1v) is 5.45. The molecule has 5 nitrogen and oxygen atoms in total. The zero-order chi connectivity index (χ0) is 11.3. The predicted molar refractivity (Wildman–Crippen MR) is 58.5 cm³/mol. The van der Waals surface area contributed by atoms with Crippen molar-refractivity contribution in [2.24, 2.45) is 5.73 Å². The van der Waals surface area contributed by atoms with E-state index in [0.29, 0.717) is 0 Å². The Hall–Kier alpha value is -0.650. The Balaban J connectivity index is 2.22. The lowest BCUT2D eigenvalue weighted by Gasteiger charge is -2.29. The van der Waals surface area contributed by atoms with E-state index < -0.39 is 6.04 Å². The van der Waals surface area contributed by atoms with Crippen LogP contribution in [0.1, 0.15) is 13.8 Å². The van der Waals surface area contributed by atoms with E-state index in [1.807, 2.05) is 6.92 Å². The topological polar surface area (TPSA) is 67.6 Å². The van der Waals surface area contributed by atoms with Crippen LogP contribution in [0.3, 0.4) is 0 Å². The quantitative estimate of drug-likeness (QED) is 0.642. The molecule has 0 aromatic heterocycles. The van der Waals surface area contributed by atoms with Crippen molar-refractivity contribution < 1.29 is 9.53 Å². The molecule has 0 spiro atoms. The Kier molecular flexibility index (Phi) is 5.01. The molecule has 2 atom stereocenters. The summed E-state index contributed by atoms with van der Waals surface area (Å²) in [7, 11) is 0. The third kappa shape index (κ3) is 4.59. The molecule has 0 bridgehead atoms. The number of ether oxygens (including phenoxy) is 1. The zero-order valence-corrected chi connectivity index (χ0v) is 9.53. The van der Waals surface area contributed by atoms with E-state index in [9.17, 15) is 4.79 Å². The average molecular weight is 215 g/mol. The van der Waals surface area contributed by atoms with Crippen LogP contribution < -0.4 is 11.1 Å². The largest absolute Gasteiger partial charge is 0.379 e. The summed E-state index contributed by atoms with van der Waals surface area (Å²) in [5.74, 6) is -0.0873. The zero-order valence-electron chi connectivity index (χ0n) is 9.53. The van der Waals surface area contributed by atoms with Gasteiger partial charge in [0.25, 0.3) is 0 Å². The van der Waals surface area contributed by atoms with Gasteiger partial charge in [-0.2, -0.15) is 0 Å². The molecule has 0 aromatic rings. The Morgan fingerprint density at radius 1 is 1.47 bits per heavy atom. The molecule has 3 N–H and O–H groups in total. The number of amides is 1. The molecule has 15 heavy (non-hydrogen) atoms. The van der Waals surface area contributed by atoms with Crippen LogP contribution in [-0.4, -0.2) is 55.7 Å². The number of hydrogen-bond donors (Lipinski definition) is 2. The van der Waals surface area contributed by atoms with Crippen molar-refractivity contribution >= 4 is 5.91 Å². The van der Waals surface area contributed by atoms with Gasteiger partial charge >= 0.3 is 0 Å². The minimum atomic E-state index is -0.433. The average Bonchev–Trinajstić information content (AvgIpc) is 2.18.